The van der Waals surface area contributed by atoms with Crippen molar-refractivity contribution in [2.45, 2.75) is 76.3 Å². The minimum absolute atomic E-state index is 0.278. The monoisotopic (exact) mass is 470 g/mol. The number of anilines is 2. The maximum absolute atomic E-state index is 11.4. The molecule has 3 aromatic rings. The first-order valence-electron chi connectivity index (χ1n) is 11.4. The third-order valence-corrected chi connectivity index (χ3v) is 7.94. The molecule has 2 aliphatic rings. The van der Waals surface area contributed by atoms with Gasteiger partial charge < -0.3 is 26.0 Å². The minimum atomic E-state index is -1.63. The third kappa shape index (κ3) is 4.16. The Bertz CT molecular complexity index is 1140. The molecule has 3 aromatic heterocycles. The van der Waals surface area contributed by atoms with Crippen molar-refractivity contribution in [2.75, 3.05) is 10.6 Å². The Kier molecular flexibility index (Phi) is 5.51. The number of hydrogen-bond donors (Lipinski definition) is 5. The van der Waals surface area contributed by atoms with E-state index in [1.165, 1.54) is 17.8 Å². The Morgan fingerprint density at radius 2 is 1.97 bits per heavy atom. The van der Waals surface area contributed by atoms with Crippen LogP contribution < -0.4 is 10.6 Å². The van der Waals surface area contributed by atoms with Crippen LogP contribution in [0.5, 0.6) is 0 Å². The van der Waals surface area contributed by atoms with E-state index in [1.54, 1.807) is 26.2 Å². The van der Waals surface area contributed by atoms with Crippen molar-refractivity contribution in [2.24, 2.45) is 5.92 Å². The molecule has 3 heterocycles. The van der Waals surface area contributed by atoms with Crippen LogP contribution in [0.4, 0.5) is 11.8 Å². The normalized spacial score (nSPS) is 25.9. The predicted octanol–water partition coefficient (Wildman–Crippen LogP) is 3.06. The molecule has 5 rings (SSSR count). The Balaban J connectivity index is 1.56. The molecule has 0 aromatic carbocycles. The summed E-state index contributed by atoms with van der Waals surface area (Å²) < 4.78 is 0.990. The summed E-state index contributed by atoms with van der Waals surface area (Å²) in [5, 5.41) is 40.0. The van der Waals surface area contributed by atoms with Gasteiger partial charge in [-0.2, -0.15) is 4.98 Å². The highest BCUT2D eigenvalue weighted by Gasteiger charge is 2.52. The van der Waals surface area contributed by atoms with Gasteiger partial charge in [0.05, 0.1) is 27.8 Å². The number of nitrogens with one attached hydrogen (secondary N) is 2. The highest BCUT2D eigenvalue weighted by Crippen LogP contribution is 2.43. The van der Waals surface area contributed by atoms with E-state index in [0.29, 0.717) is 34.8 Å². The summed E-state index contributed by atoms with van der Waals surface area (Å²) in [6.45, 7) is 5.21. The zero-order chi connectivity index (χ0) is 23.4. The van der Waals surface area contributed by atoms with E-state index in [0.717, 1.165) is 28.8 Å². The van der Waals surface area contributed by atoms with Crippen molar-refractivity contribution in [1.82, 2.24) is 19.9 Å². The molecule has 0 amide bonds. The number of rotatable bonds is 6. The van der Waals surface area contributed by atoms with Gasteiger partial charge in [0.2, 0.25) is 5.95 Å². The smallest absolute Gasteiger partial charge is 0.225 e. The molecule has 0 saturated heterocycles. The average Bonchev–Trinajstić information content (AvgIpc) is 3.25. The van der Waals surface area contributed by atoms with Crippen molar-refractivity contribution in [1.29, 1.82) is 0 Å². The van der Waals surface area contributed by atoms with Crippen molar-refractivity contribution in [3.8, 4) is 10.6 Å². The van der Waals surface area contributed by atoms with Crippen molar-refractivity contribution >= 4 is 33.3 Å². The molecule has 9 nitrogen and oxygen atoms in total. The Morgan fingerprint density at radius 3 is 2.61 bits per heavy atom. The average molecular weight is 471 g/mol. The molecule has 0 aliphatic heterocycles. The van der Waals surface area contributed by atoms with Gasteiger partial charge in [0.15, 0.2) is 5.72 Å². The lowest BCUT2D eigenvalue weighted by atomic mass is 9.87. The van der Waals surface area contributed by atoms with Gasteiger partial charge in [-0.05, 0) is 58.9 Å². The molecule has 33 heavy (non-hydrogen) atoms. The first kappa shape index (κ1) is 22.4. The SMILES string of the molecule is Cc1nc(NC2CCC2)nc(N[C@@]2(O)CC[C@H](C(C)(C)O)[C@H]2O)c1-c1nc2cnccc2s1. The molecule has 2 fully saturated rings. The second-order valence-corrected chi connectivity index (χ2v) is 10.8. The lowest BCUT2D eigenvalue weighted by Gasteiger charge is -2.35. The summed E-state index contributed by atoms with van der Waals surface area (Å²) in [6, 6.07) is 2.26. The van der Waals surface area contributed by atoms with Crippen LogP contribution in [0, 0.1) is 12.8 Å². The van der Waals surface area contributed by atoms with Crippen molar-refractivity contribution in [3.63, 3.8) is 0 Å². The number of nitrogens with zero attached hydrogens (tertiary/aromatic N) is 4. The van der Waals surface area contributed by atoms with E-state index in [4.69, 9.17) is 9.97 Å². The van der Waals surface area contributed by atoms with Gasteiger partial charge in [-0.15, -0.1) is 11.3 Å². The number of pyridine rings is 1. The zero-order valence-electron chi connectivity index (χ0n) is 19.0. The second kappa shape index (κ2) is 8.12. The molecular formula is C23H30N6O3S. The van der Waals surface area contributed by atoms with Crippen LogP contribution in [0.2, 0.25) is 0 Å². The highest BCUT2D eigenvalue weighted by atomic mass is 32.1. The number of hydrogen-bond acceptors (Lipinski definition) is 10. The van der Waals surface area contributed by atoms with Gasteiger partial charge in [0, 0.05) is 18.2 Å². The van der Waals surface area contributed by atoms with Gasteiger partial charge in [0.25, 0.3) is 0 Å². The van der Waals surface area contributed by atoms with E-state index >= 15 is 0 Å². The molecule has 5 N–H and O–H groups in total. The fourth-order valence-electron chi connectivity index (χ4n) is 4.70. The van der Waals surface area contributed by atoms with Gasteiger partial charge in [-0.3, -0.25) is 4.98 Å². The van der Waals surface area contributed by atoms with Crippen LogP contribution in [0.15, 0.2) is 18.5 Å². The maximum atomic E-state index is 11.4. The van der Waals surface area contributed by atoms with Crippen LogP contribution in [0.3, 0.4) is 0 Å². The fraction of sp³-hybridized carbons (Fsp3) is 0.565. The predicted molar refractivity (Wildman–Crippen MR) is 128 cm³/mol. The van der Waals surface area contributed by atoms with Gasteiger partial charge in [-0.25, -0.2) is 9.97 Å². The van der Waals surface area contributed by atoms with Crippen LogP contribution in [0.25, 0.3) is 20.8 Å². The molecule has 3 atom stereocenters. The quantitative estimate of drug-likeness (QED) is 0.344. The number of aliphatic hydroxyl groups is 3. The first-order chi connectivity index (χ1) is 15.6. The summed E-state index contributed by atoms with van der Waals surface area (Å²) >= 11 is 1.50. The molecule has 2 aliphatic carbocycles. The number of thiazole rings is 1. The van der Waals surface area contributed by atoms with Crippen molar-refractivity contribution in [3.05, 3.63) is 24.2 Å². The van der Waals surface area contributed by atoms with E-state index in [9.17, 15) is 15.3 Å². The van der Waals surface area contributed by atoms with Crippen molar-refractivity contribution < 1.29 is 15.3 Å². The summed E-state index contributed by atoms with van der Waals surface area (Å²) in [7, 11) is 0. The molecule has 0 radical (unpaired) electrons. The number of fused-ring (bicyclic) bond motifs is 1. The first-order valence-corrected chi connectivity index (χ1v) is 12.2. The molecule has 0 bridgehead atoms. The number of aromatic nitrogens is 4. The summed E-state index contributed by atoms with van der Waals surface area (Å²) in [5.41, 5.74) is -0.570. The van der Waals surface area contributed by atoms with Crippen LogP contribution >= 0.6 is 11.3 Å². The topological polar surface area (TPSA) is 136 Å². The molecule has 0 unspecified atom stereocenters. The fourth-order valence-corrected chi connectivity index (χ4v) is 5.73. The molecule has 176 valence electrons. The Hall–Kier alpha value is -2.40. The lowest BCUT2D eigenvalue weighted by molar-refractivity contribution is -0.0926. The van der Waals surface area contributed by atoms with Crippen LogP contribution in [-0.4, -0.2) is 58.7 Å². The van der Waals surface area contributed by atoms with E-state index in [1.807, 2.05) is 13.0 Å². The van der Waals surface area contributed by atoms with Crippen LogP contribution in [0.1, 0.15) is 51.6 Å². The summed E-state index contributed by atoms with van der Waals surface area (Å²) in [4.78, 5) is 18.3. The van der Waals surface area contributed by atoms with E-state index in [2.05, 4.69) is 20.6 Å². The molecule has 10 heteroatoms. The van der Waals surface area contributed by atoms with E-state index < -0.39 is 23.3 Å². The maximum Gasteiger partial charge on any atom is 0.225 e. The van der Waals surface area contributed by atoms with E-state index in [-0.39, 0.29) is 6.42 Å². The van der Waals surface area contributed by atoms with Crippen LogP contribution in [-0.2, 0) is 0 Å². The number of aliphatic hydroxyl groups excluding tert-OH is 1. The van der Waals surface area contributed by atoms with Gasteiger partial charge >= 0.3 is 0 Å². The highest BCUT2D eigenvalue weighted by molar-refractivity contribution is 7.21. The lowest BCUT2D eigenvalue weighted by Crippen LogP contribution is -2.51. The Labute approximate surface area is 196 Å². The van der Waals surface area contributed by atoms with Gasteiger partial charge in [0.1, 0.15) is 22.4 Å². The largest absolute Gasteiger partial charge is 0.390 e. The molecular weight excluding hydrogens is 440 g/mol. The summed E-state index contributed by atoms with van der Waals surface area (Å²) in [6.07, 6.45) is 6.38. The number of aryl methyl sites for hydroxylation is 1. The second-order valence-electron chi connectivity index (χ2n) is 9.78. The standard InChI is InChI=1S/C23H30N6O3S/c1-12-17(20-27-15-11-24-10-8-16(15)33-20)19(28-21(25-12)26-13-5-4-6-13)29-23(32)9-7-14(18(23)30)22(2,3)31/h8,10-11,13-14,18,30-32H,4-7,9H2,1-3H3,(H2,25,26,28,29)/t14-,18+,23+/m0/s1. The Morgan fingerprint density at radius 1 is 1.18 bits per heavy atom. The zero-order valence-corrected chi connectivity index (χ0v) is 19.9. The molecule has 0 spiro atoms. The summed E-state index contributed by atoms with van der Waals surface area (Å²) in [5.74, 6) is 0.429. The third-order valence-electron chi connectivity index (χ3n) is 6.88. The van der Waals surface area contributed by atoms with Gasteiger partial charge in [-0.1, -0.05) is 0 Å². The molecule has 2 saturated carbocycles. The minimum Gasteiger partial charge on any atom is -0.390 e.